The van der Waals surface area contributed by atoms with Gasteiger partial charge in [-0.25, -0.2) is 4.39 Å². The van der Waals surface area contributed by atoms with Gasteiger partial charge in [0.25, 0.3) is 0 Å². The normalized spacial score (nSPS) is 12.4. The quantitative estimate of drug-likeness (QED) is 0.853. The summed E-state index contributed by atoms with van der Waals surface area (Å²) >= 11 is 0. The van der Waals surface area contributed by atoms with Crippen molar-refractivity contribution in [2.24, 2.45) is 5.73 Å². The number of hydrogen-bond donors (Lipinski definition) is 1. The Kier molecular flexibility index (Phi) is 3.89. The summed E-state index contributed by atoms with van der Waals surface area (Å²) in [4.78, 5) is 0. The van der Waals surface area contributed by atoms with E-state index >= 15 is 0 Å². The first-order valence-corrected chi connectivity index (χ1v) is 5.80. The minimum absolute atomic E-state index is 0.0428. The molecule has 0 fully saturated rings. The molecule has 0 amide bonds. The topological polar surface area (TPSA) is 26.0 Å². The molecule has 1 nitrogen and oxygen atoms in total. The van der Waals surface area contributed by atoms with Crippen LogP contribution in [0.3, 0.4) is 0 Å². The zero-order chi connectivity index (χ0) is 12.1. The lowest BCUT2D eigenvalue weighted by atomic mass is 10.00. The van der Waals surface area contributed by atoms with Gasteiger partial charge in [0.1, 0.15) is 5.82 Å². The average Bonchev–Trinajstić information content (AvgIpc) is 2.39. The summed E-state index contributed by atoms with van der Waals surface area (Å²) in [7, 11) is 0. The molecular formula is C15H16FN. The standard InChI is InChI=1S/C15H16FN/c16-14-9-6-12(7-10-14)8-11-15(17)13-4-2-1-3-5-13/h1-7,9-10,15H,8,11,17H2. The first kappa shape index (κ1) is 11.8. The van der Waals surface area contributed by atoms with Crippen LogP contribution in [0.4, 0.5) is 4.39 Å². The Morgan fingerprint density at radius 2 is 1.59 bits per heavy atom. The second kappa shape index (κ2) is 5.60. The molecule has 2 N–H and O–H groups in total. The molecule has 0 aliphatic carbocycles. The van der Waals surface area contributed by atoms with E-state index in [0.717, 1.165) is 24.0 Å². The third-order valence-electron chi connectivity index (χ3n) is 2.88. The largest absolute Gasteiger partial charge is 0.324 e. The SMILES string of the molecule is NC(CCc1ccc(F)cc1)c1ccccc1. The zero-order valence-electron chi connectivity index (χ0n) is 9.64. The maximum Gasteiger partial charge on any atom is 0.123 e. The van der Waals surface area contributed by atoms with Crippen molar-refractivity contribution in [2.75, 3.05) is 0 Å². The fourth-order valence-corrected chi connectivity index (χ4v) is 1.84. The third kappa shape index (κ3) is 3.40. The molecule has 0 saturated heterocycles. The van der Waals surface area contributed by atoms with E-state index in [4.69, 9.17) is 5.73 Å². The van der Waals surface area contributed by atoms with Gasteiger partial charge in [0.2, 0.25) is 0 Å². The Bertz CT molecular complexity index is 450. The van der Waals surface area contributed by atoms with Gasteiger partial charge in [-0.2, -0.15) is 0 Å². The van der Waals surface area contributed by atoms with Crippen LogP contribution in [0.2, 0.25) is 0 Å². The summed E-state index contributed by atoms with van der Waals surface area (Å²) in [5.41, 5.74) is 8.37. The van der Waals surface area contributed by atoms with Gasteiger partial charge in [-0.3, -0.25) is 0 Å². The molecule has 1 atom stereocenters. The fourth-order valence-electron chi connectivity index (χ4n) is 1.84. The van der Waals surface area contributed by atoms with Crippen molar-refractivity contribution in [3.8, 4) is 0 Å². The molecule has 88 valence electrons. The van der Waals surface area contributed by atoms with Crippen LogP contribution in [0.15, 0.2) is 54.6 Å². The maximum atomic E-state index is 12.7. The minimum Gasteiger partial charge on any atom is -0.324 e. The summed E-state index contributed by atoms with van der Waals surface area (Å²) in [5, 5.41) is 0. The number of rotatable bonds is 4. The lowest BCUT2D eigenvalue weighted by molar-refractivity contribution is 0.623. The van der Waals surface area contributed by atoms with Gasteiger partial charge in [0, 0.05) is 6.04 Å². The molecular weight excluding hydrogens is 213 g/mol. The van der Waals surface area contributed by atoms with E-state index in [1.165, 1.54) is 12.1 Å². The van der Waals surface area contributed by atoms with Gasteiger partial charge >= 0.3 is 0 Å². The van der Waals surface area contributed by atoms with Gasteiger partial charge in [-0.1, -0.05) is 42.5 Å². The summed E-state index contributed by atoms with van der Waals surface area (Å²) < 4.78 is 12.7. The van der Waals surface area contributed by atoms with E-state index in [0.29, 0.717) is 0 Å². The third-order valence-corrected chi connectivity index (χ3v) is 2.88. The Balaban J connectivity index is 1.92. The maximum absolute atomic E-state index is 12.7. The van der Waals surface area contributed by atoms with Crippen LogP contribution >= 0.6 is 0 Å². The van der Waals surface area contributed by atoms with E-state index in [2.05, 4.69) is 0 Å². The van der Waals surface area contributed by atoms with Crippen molar-refractivity contribution in [1.29, 1.82) is 0 Å². The molecule has 0 spiro atoms. The molecule has 0 aliphatic heterocycles. The fraction of sp³-hybridized carbons (Fsp3) is 0.200. The Labute approximate surface area is 101 Å². The monoisotopic (exact) mass is 229 g/mol. The Hall–Kier alpha value is -1.67. The predicted molar refractivity (Wildman–Crippen MR) is 68.1 cm³/mol. The van der Waals surface area contributed by atoms with E-state index in [1.807, 2.05) is 42.5 Å². The highest BCUT2D eigenvalue weighted by Crippen LogP contribution is 2.16. The smallest absolute Gasteiger partial charge is 0.123 e. The van der Waals surface area contributed by atoms with Gasteiger partial charge in [0.05, 0.1) is 0 Å². The Morgan fingerprint density at radius 3 is 2.24 bits per heavy atom. The van der Waals surface area contributed by atoms with E-state index in [-0.39, 0.29) is 11.9 Å². The summed E-state index contributed by atoms with van der Waals surface area (Å²) in [6, 6.07) is 16.7. The predicted octanol–water partition coefficient (Wildman–Crippen LogP) is 3.46. The minimum atomic E-state index is -0.193. The van der Waals surface area contributed by atoms with Gasteiger partial charge in [0.15, 0.2) is 0 Å². The van der Waals surface area contributed by atoms with Crippen molar-refractivity contribution in [1.82, 2.24) is 0 Å². The van der Waals surface area contributed by atoms with Gasteiger partial charge < -0.3 is 5.73 Å². The van der Waals surface area contributed by atoms with Gasteiger partial charge in [-0.15, -0.1) is 0 Å². The first-order chi connectivity index (χ1) is 8.25. The second-order valence-corrected chi connectivity index (χ2v) is 4.18. The van der Waals surface area contributed by atoms with Gasteiger partial charge in [-0.05, 0) is 36.1 Å². The Morgan fingerprint density at radius 1 is 0.941 bits per heavy atom. The molecule has 17 heavy (non-hydrogen) atoms. The van der Waals surface area contributed by atoms with Crippen molar-refractivity contribution in [3.05, 3.63) is 71.5 Å². The zero-order valence-corrected chi connectivity index (χ0v) is 9.64. The van der Waals surface area contributed by atoms with Crippen LogP contribution < -0.4 is 5.73 Å². The number of aryl methyl sites for hydroxylation is 1. The number of nitrogens with two attached hydrogens (primary N) is 1. The van der Waals surface area contributed by atoms with Crippen LogP contribution in [0.25, 0.3) is 0 Å². The molecule has 0 saturated carbocycles. The second-order valence-electron chi connectivity index (χ2n) is 4.18. The molecule has 0 aromatic heterocycles. The summed E-state index contributed by atoms with van der Waals surface area (Å²) in [6.45, 7) is 0. The number of hydrogen-bond acceptors (Lipinski definition) is 1. The van der Waals surface area contributed by atoms with Crippen LogP contribution in [-0.4, -0.2) is 0 Å². The molecule has 0 bridgehead atoms. The lowest BCUT2D eigenvalue weighted by Gasteiger charge is -2.11. The van der Waals surface area contributed by atoms with Crippen LogP contribution in [0, 0.1) is 5.82 Å². The molecule has 2 aromatic rings. The summed E-state index contributed by atoms with van der Waals surface area (Å²) in [5.74, 6) is -0.193. The van der Waals surface area contributed by atoms with Crippen LogP contribution in [0.5, 0.6) is 0 Å². The highest BCUT2D eigenvalue weighted by atomic mass is 19.1. The molecule has 1 unspecified atom stereocenters. The van der Waals surface area contributed by atoms with Crippen molar-refractivity contribution in [3.63, 3.8) is 0 Å². The number of benzene rings is 2. The van der Waals surface area contributed by atoms with Crippen LogP contribution in [0.1, 0.15) is 23.6 Å². The molecule has 0 heterocycles. The van der Waals surface area contributed by atoms with Crippen LogP contribution in [-0.2, 0) is 6.42 Å². The number of halogens is 1. The lowest BCUT2D eigenvalue weighted by Crippen LogP contribution is -2.11. The highest BCUT2D eigenvalue weighted by molar-refractivity contribution is 5.20. The van der Waals surface area contributed by atoms with E-state index < -0.39 is 0 Å². The average molecular weight is 229 g/mol. The summed E-state index contributed by atoms with van der Waals surface area (Å²) in [6.07, 6.45) is 1.74. The first-order valence-electron chi connectivity index (χ1n) is 5.80. The highest BCUT2D eigenvalue weighted by Gasteiger charge is 2.05. The van der Waals surface area contributed by atoms with Crippen molar-refractivity contribution < 1.29 is 4.39 Å². The molecule has 0 radical (unpaired) electrons. The van der Waals surface area contributed by atoms with Crippen molar-refractivity contribution >= 4 is 0 Å². The molecule has 2 aromatic carbocycles. The van der Waals surface area contributed by atoms with Crippen molar-refractivity contribution in [2.45, 2.75) is 18.9 Å². The molecule has 2 heteroatoms. The molecule has 0 aliphatic rings. The molecule has 2 rings (SSSR count). The van der Waals surface area contributed by atoms with E-state index in [1.54, 1.807) is 0 Å². The van der Waals surface area contributed by atoms with E-state index in [9.17, 15) is 4.39 Å².